The molecule has 21 heavy (non-hydrogen) atoms. The van der Waals surface area contributed by atoms with Gasteiger partial charge in [0.15, 0.2) is 0 Å². The van der Waals surface area contributed by atoms with Crippen LogP contribution in [0.1, 0.15) is 30.7 Å². The summed E-state index contributed by atoms with van der Waals surface area (Å²) in [7, 11) is 1.98. The number of hydrogen-bond acceptors (Lipinski definition) is 3. The van der Waals surface area contributed by atoms with E-state index in [1.165, 1.54) is 16.8 Å². The molecule has 114 valence electrons. The van der Waals surface area contributed by atoms with Crippen molar-refractivity contribution in [1.82, 2.24) is 20.0 Å². The van der Waals surface area contributed by atoms with Gasteiger partial charge in [-0.05, 0) is 30.3 Å². The second-order valence-electron chi connectivity index (χ2n) is 5.28. The van der Waals surface area contributed by atoms with Crippen LogP contribution in [0.2, 0.25) is 0 Å². The zero-order valence-electron chi connectivity index (χ0n) is 13.3. The monoisotopic (exact) mass is 286 g/mol. The second-order valence-corrected chi connectivity index (χ2v) is 5.28. The molecule has 2 rings (SSSR count). The molecule has 0 aliphatic heterocycles. The molecule has 0 radical (unpaired) electrons. The van der Waals surface area contributed by atoms with Crippen molar-refractivity contribution in [2.45, 2.75) is 33.5 Å². The molecule has 4 nitrogen and oxygen atoms in total. The SMILES string of the molecule is CCN(CC)Cc1ccccc1CNCc1ccnn1C. The highest BCUT2D eigenvalue weighted by molar-refractivity contribution is 5.27. The lowest BCUT2D eigenvalue weighted by Gasteiger charge is -2.20. The van der Waals surface area contributed by atoms with E-state index in [9.17, 15) is 0 Å². The molecule has 2 aromatic rings. The quantitative estimate of drug-likeness (QED) is 0.809. The van der Waals surface area contributed by atoms with Crippen LogP contribution in [0.15, 0.2) is 36.5 Å². The molecule has 1 N–H and O–H groups in total. The van der Waals surface area contributed by atoms with E-state index in [0.29, 0.717) is 0 Å². The van der Waals surface area contributed by atoms with Crippen molar-refractivity contribution in [1.29, 1.82) is 0 Å². The molecule has 4 heteroatoms. The fraction of sp³-hybridized carbons (Fsp3) is 0.471. The van der Waals surface area contributed by atoms with Crippen LogP contribution >= 0.6 is 0 Å². The molecule has 1 aromatic heterocycles. The summed E-state index contributed by atoms with van der Waals surface area (Å²) in [6, 6.07) is 10.7. The molecule has 0 fully saturated rings. The number of aryl methyl sites for hydroxylation is 1. The summed E-state index contributed by atoms with van der Waals surface area (Å²) < 4.78 is 1.91. The van der Waals surface area contributed by atoms with Crippen molar-refractivity contribution in [3.05, 3.63) is 53.3 Å². The van der Waals surface area contributed by atoms with Gasteiger partial charge in [0.2, 0.25) is 0 Å². The molecule has 0 saturated heterocycles. The Morgan fingerprint density at radius 2 is 1.76 bits per heavy atom. The van der Waals surface area contributed by atoms with Gasteiger partial charge in [-0.1, -0.05) is 38.1 Å². The number of benzene rings is 1. The van der Waals surface area contributed by atoms with Crippen LogP contribution in [0.5, 0.6) is 0 Å². The molecule has 1 aromatic carbocycles. The van der Waals surface area contributed by atoms with Gasteiger partial charge >= 0.3 is 0 Å². The lowest BCUT2D eigenvalue weighted by Crippen LogP contribution is -2.24. The molecule has 0 unspecified atom stereocenters. The maximum absolute atomic E-state index is 4.19. The summed E-state index contributed by atoms with van der Waals surface area (Å²) in [6.07, 6.45) is 1.84. The zero-order valence-corrected chi connectivity index (χ0v) is 13.3. The number of hydrogen-bond donors (Lipinski definition) is 1. The summed E-state index contributed by atoms with van der Waals surface area (Å²) in [4.78, 5) is 2.44. The van der Waals surface area contributed by atoms with Gasteiger partial charge in [0.1, 0.15) is 0 Å². The molecule has 0 bridgehead atoms. The molecule has 1 heterocycles. The molecular weight excluding hydrogens is 260 g/mol. The average Bonchev–Trinajstić information content (AvgIpc) is 2.91. The van der Waals surface area contributed by atoms with E-state index >= 15 is 0 Å². The van der Waals surface area contributed by atoms with Crippen molar-refractivity contribution >= 4 is 0 Å². The Bertz CT molecular complexity index is 543. The van der Waals surface area contributed by atoms with Crippen LogP contribution in [0.25, 0.3) is 0 Å². The van der Waals surface area contributed by atoms with Crippen LogP contribution in [0.4, 0.5) is 0 Å². The molecule has 0 atom stereocenters. The number of nitrogens with one attached hydrogen (secondary N) is 1. The summed E-state index contributed by atoms with van der Waals surface area (Å²) in [5.41, 5.74) is 4.00. The predicted molar refractivity (Wildman–Crippen MR) is 86.8 cm³/mol. The van der Waals surface area contributed by atoms with Crippen LogP contribution in [0.3, 0.4) is 0 Å². The molecule has 0 spiro atoms. The molecule has 0 amide bonds. The van der Waals surface area contributed by atoms with Gasteiger partial charge in [-0.2, -0.15) is 5.10 Å². The average molecular weight is 286 g/mol. The van der Waals surface area contributed by atoms with Gasteiger partial charge in [0.05, 0.1) is 5.69 Å². The van der Waals surface area contributed by atoms with E-state index < -0.39 is 0 Å². The van der Waals surface area contributed by atoms with Gasteiger partial charge in [-0.3, -0.25) is 9.58 Å². The Labute approximate surface area is 127 Å². The van der Waals surface area contributed by atoms with E-state index in [4.69, 9.17) is 0 Å². The van der Waals surface area contributed by atoms with E-state index in [-0.39, 0.29) is 0 Å². The summed E-state index contributed by atoms with van der Waals surface area (Å²) >= 11 is 0. The summed E-state index contributed by atoms with van der Waals surface area (Å²) in [6.45, 7) is 9.37. The Morgan fingerprint density at radius 3 is 2.38 bits per heavy atom. The highest BCUT2D eigenvalue weighted by atomic mass is 15.3. The van der Waals surface area contributed by atoms with Gasteiger partial charge in [0.25, 0.3) is 0 Å². The van der Waals surface area contributed by atoms with Crippen LogP contribution in [-0.2, 0) is 26.7 Å². The first kappa shape index (κ1) is 15.7. The van der Waals surface area contributed by atoms with Crippen LogP contribution in [0, 0.1) is 0 Å². The van der Waals surface area contributed by atoms with Crippen molar-refractivity contribution < 1.29 is 0 Å². The number of nitrogens with zero attached hydrogens (tertiary/aromatic N) is 3. The summed E-state index contributed by atoms with van der Waals surface area (Å²) in [5.74, 6) is 0. The number of aromatic nitrogens is 2. The van der Waals surface area contributed by atoms with Gasteiger partial charge in [-0.25, -0.2) is 0 Å². The maximum atomic E-state index is 4.19. The van der Waals surface area contributed by atoms with Gasteiger partial charge in [0, 0.05) is 32.9 Å². The predicted octanol–water partition coefficient (Wildman–Crippen LogP) is 2.55. The Balaban J connectivity index is 1.95. The first-order chi connectivity index (χ1) is 10.2. The maximum Gasteiger partial charge on any atom is 0.0518 e. The molecule has 0 aliphatic carbocycles. The lowest BCUT2D eigenvalue weighted by atomic mass is 10.1. The first-order valence-electron chi connectivity index (χ1n) is 7.71. The minimum atomic E-state index is 0.843. The molecule has 0 saturated carbocycles. The standard InChI is InChI=1S/C17H26N4/c1-4-21(5-2)14-16-9-7-6-8-15(16)12-18-13-17-10-11-19-20(17)3/h6-11,18H,4-5,12-14H2,1-3H3. The largest absolute Gasteiger partial charge is 0.307 e. The highest BCUT2D eigenvalue weighted by Gasteiger charge is 2.06. The zero-order chi connectivity index (χ0) is 15.1. The third-order valence-electron chi connectivity index (χ3n) is 3.95. The Morgan fingerprint density at radius 1 is 1.05 bits per heavy atom. The number of rotatable bonds is 8. The Kier molecular flexibility index (Phi) is 5.96. The Hall–Kier alpha value is -1.65. The smallest absolute Gasteiger partial charge is 0.0518 e. The molecule has 0 aliphatic rings. The fourth-order valence-corrected chi connectivity index (χ4v) is 2.47. The van der Waals surface area contributed by atoms with Crippen LogP contribution < -0.4 is 5.32 Å². The fourth-order valence-electron chi connectivity index (χ4n) is 2.47. The minimum Gasteiger partial charge on any atom is -0.307 e. The topological polar surface area (TPSA) is 33.1 Å². The van der Waals surface area contributed by atoms with Crippen molar-refractivity contribution in [3.63, 3.8) is 0 Å². The van der Waals surface area contributed by atoms with Gasteiger partial charge in [-0.15, -0.1) is 0 Å². The van der Waals surface area contributed by atoms with E-state index in [1.54, 1.807) is 0 Å². The van der Waals surface area contributed by atoms with Gasteiger partial charge < -0.3 is 5.32 Å². The van der Waals surface area contributed by atoms with E-state index in [0.717, 1.165) is 32.7 Å². The third-order valence-corrected chi connectivity index (χ3v) is 3.95. The van der Waals surface area contributed by atoms with Crippen molar-refractivity contribution in [3.8, 4) is 0 Å². The second kappa shape index (κ2) is 7.96. The first-order valence-corrected chi connectivity index (χ1v) is 7.71. The van der Waals surface area contributed by atoms with E-state index in [2.05, 4.69) is 59.5 Å². The summed E-state index contributed by atoms with van der Waals surface area (Å²) in [5, 5.41) is 7.71. The normalized spacial score (nSPS) is 11.2. The minimum absolute atomic E-state index is 0.843. The highest BCUT2D eigenvalue weighted by Crippen LogP contribution is 2.12. The van der Waals surface area contributed by atoms with Crippen molar-refractivity contribution in [2.24, 2.45) is 7.05 Å². The van der Waals surface area contributed by atoms with E-state index in [1.807, 2.05) is 17.9 Å². The van der Waals surface area contributed by atoms with Crippen LogP contribution in [-0.4, -0.2) is 27.8 Å². The lowest BCUT2D eigenvalue weighted by molar-refractivity contribution is 0.294. The van der Waals surface area contributed by atoms with Crippen molar-refractivity contribution in [2.75, 3.05) is 13.1 Å². The third kappa shape index (κ3) is 4.41. The molecular formula is C17H26N4.